The molecular weight excluding hydrogens is 162 g/mol. The molecule has 0 aliphatic carbocycles. The van der Waals surface area contributed by atoms with Crippen molar-refractivity contribution in [2.75, 3.05) is 5.32 Å². The van der Waals surface area contributed by atoms with Crippen LogP contribution in [0.5, 0.6) is 0 Å². The van der Waals surface area contributed by atoms with Gasteiger partial charge in [0.2, 0.25) is 0 Å². The van der Waals surface area contributed by atoms with E-state index in [0.29, 0.717) is 6.04 Å². The number of nitrogens with zero attached hydrogens (tertiary/aromatic N) is 2. The van der Waals surface area contributed by atoms with Crippen LogP contribution in [0.1, 0.15) is 33.1 Å². The first-order valence-electron chi connectivity index (χ1n) is 4.97. The number of aryl methyl sites for hydroxylation is 1. The average molecular weight is 181 g/mol. The standard InChI is InChI=1S/C10H19N3/c1-4-5-6-9(2)12-10-7-11-13(3)8-10/h7-9,12H,4-6H2,1-3H3. The molecule has 0 saturated carbocycles. The average Bonchev–Trinajstić information content (AvgIpc) is 2.48. The predicted molar refractivity (Wildman–Crippen MR) is 55.8 cm³/mol. The third-order valence-corrected chi connectivity index (χ3v) is 2.11. The molecule has 0 aliphatic heterocycles. The maximum Gasteiger partial charge on any atom is 0.0728 e. The smallest absolute Gasteiger partial charge is 0.0728 e. The fourth-order valence-corrected chi connectivity index (χ4v) is 1.36. The zero-order chi connectivity index (χ0) is 9.68. The monoisotopic (exact) mass is 181 g/mol. The van der Waals surface area contributed by atoms with Gasteiger partial charge in [0.1, 0.15) is 0 Å². The molecule has 1 aromatic rings. The number of aromatic nitrogens is 2. The molecule has 0 amide bonds. The highest BCUT2D eigenvalue weighted by atomic mass is 15.3. The summed E-state index contributed by atoms with van der Waals surface area (Å²) < 4.78 is 1.81. The molecule has 3 nitrogen and oxygen atoms in total. The normalized spacial score (nSPS) is 12.8. The summed E-state index contributed by atoms with van der Waals surface area (Å²) in [5.41, 5.74) is 1.12. The minimum absolute atomic E-state index is 0.546. The number of anilines is 1. The Hall–Kier alpha value is -0.990. The molecule has 1 heterocycles. The van der Waals surface area contributed by atoms with E-state index in [1.54, 1.807) is 0 Å². The van der Waals surface area contributed by atoms with Gasteiger partial charge in [0, 0.05) is 19.3 Å². The molecule has 0 fully saturated rings. The second kappa shape index (κ2) is 4.90. The van der Waals surface area contributed by atoms with Crippen LogP contribution in [0, 0.1) is 0 Å². The van der Waals surface area contributed by atoms with E-state index in [9.17, 15) is 0 Å². The van der Waals surface area contributed by atoms with Crippen molar-refractivity contribution in [1.29, 1.82) is 0 Å². The molecule has 1 atom stereocenters. The molecule has 1 unspecified atom stereocenters. The first kappa shape index (κ1) is 10.1. The van der Waals surface area contributed by atoms with Gasteiger partial charge in [-0.2, -0.15) is 5.10 Å². The van der Waals surface area contributed by atoms with E-state index in [1.807, 2.05) is 24.1 Å². The van der Waals surface area contributed by atoms with E-state index >= 15 is 0 Å². The van der Waals surface area contributed by atoms with Crippen molar-refractivity contribution in [3.8, 4) is 0 Å². The van der Waals surface area contributed by atoms with E-state index in [0.717, 1.165) is 5.69 Å². The number of hydrogen-bond acceptors (Lipinski definition) is 2. The van der Waals surface area contributed by atoms with E-state index in [2.05, 4.69) is 24.3 Å². The van der Waals surface area contributed by atoms with Crippen LogP contribution in [0.25, 0.3) is 0 Å². The van der Waals surface area contributed by atoms with Gasteiger partial charge in [-0.15, -0.1) is 0 Å². The molecule has 1 rings (SSSR count). The highest BCUT2D eigenvalue weighted by Gasteiger charge is 2.01. The zero-order valence-electron chi connectivity index (χ0n) is 8.75. The second-order valence-corrected chi connectivity index (χ2v) is 3.59. The summed E-state index contributed by atoms with van der Waals surface area (Å²) in [5.74, 6) is 0. The van der Waals surface area contributed by atoms with Gasteiger partial charge in [-0.1, -0.05) is 19.8 Å². The van der Waals surface area contributed by atoms with Crippen LogP contribution in [0.4, 0.5) is 5.69 Å². The quantitative estimate of drug-likeness (QED) is 0.756. The van der Waals surface area contributed by atoms with Gasteiger partial charge in [-0.05, 0) is 13.3 Å². The van der Waals surface area contributed by atoms with Crippen molar-refractivity contribution < 1.29 is 0 Å². The molecule has 1 aromatic heterocycles. The van der Waals surface area contributed by atoms with Crippen molar-refractivity contribution in [3.05, 3.63) is 12.4 Å². The van der Waals surface area contributed by atoms with Gasteiger partial charge in [0.25, 0.3) is 0 Å². The molecule has 0 saturated heterocycles. The Balaban J connectivity index is 2.31. The van der Waals surface area contributed by atoms with Gasteiger partial charge in [0.15, 0.2) is 0 Å². The van der Waals surface area contributed by atoms with Crippen molar-refractivity contribution in [3.63, 3.8) is 0 Å². The Morgan fingerprint density at radius 3 is 2.92 bits per heavy atom. The lowest BCUT2D eigenvalue weighted by Crippen LogP contribution is -2.14. The van der Waals surface area contributed by atoms with Crippen LogP contribution < -0.4 is 5.32 Å². The number of unbranched alkanes of at least 4 members (excludes halogenated alkanes) is 1. The van der Waals surface area contributed by atoms with Crippen LogP contribution >= 0.6 is 0 Å². The third-order valence-electron chi connectivity index (χ3n) is 2.11. The van der Waals surface area contributed by atoms with Gasteiger partial charge in [-0.25, -0.2) is 0 Å². The Kier molecular flexibility index (Phi) is 3.80. The molecule has 0 aliphatic rings. The van der Waals surface area contributed by atoms with Gasteiger partial charge >= 0.3 is 0 Å². The highest BCUT2D eigenvalue weighted by molar-refractivity contribution is 5.38. The van der Waals surface area contributed by atoms with Gasteiger partial charge in [-0.3, -0.25) is 4.68 Å². The van der Waals surface area contributed by atoms with Crippen molar-refractivity contribution >= 4 is 5.69 Å². The molecule has 0 spiro atoms. The molecule has 0 bridgehead atoms. The van der Waals surface area contributed by atoms with Crippen LogP contribution in [-0.4, -0.2) is 15.8 Å². The van der Waals surface area contributed by atoms with Gasteiger partial charge < -0.3 is 5.32 Å². The van der Waals surface area contributed by atoms with Crippen molar-refractivity contribution in [1.82, 2.24) is 9.78 Å². The summed E-state index contributed by atoms with van der Waals surface area (Å²) in [4.78, 5) is 0. The zero-order valence-corrected chi connectivity index (χ0v) is 8.75. The molecule has 1 N–H and O–H groups in total. The fraction of sp³-hybridized carbons (Fsp3) is 0.700. The number of rotatable bonds is 5. The fourth-order valence-electron chi connectivity index (χ4n) is 1.36. The molecule has 0 radical (unpaired) electrons. The Bertz CT molecular complexity index is 242. The lowest BCUT2D eigenvalue weighted by atomic mass is 10.1. The Morgan fingerprint density at radius 2 is 2.38 bits per heavy atom. The van der Waals surface area contributed by atoms with E-state index in [-0.39, 0.29) is 0 Å². The molecule has 3 heteroatoms. The molecule has 13 heavy (non-hydrogen) atoms. The van der Waals surface area contributed by atoms with E-state index < -0.39 is 0 Å². The minimum atomic E-state index is 0.546. The van der Waals surface area contributed by atoms with Crippen LogP contribution in [0.2, 0.25) is 0 Å². The van der Waals surface area contributed by atoms with E-state index in [4.69, 9.17) is 0 Å². The summed E-state index contributed by atoms with van der Waals surface area (Å²) in [6.07, 6.45) is 7.64. The highest BCUT2D eigenvalue weighted by Crippen LogP contribution is 2.09. The third kappa shape index (κ3) is 3.49. The number of nitrogens with one attached hydrogen (secondary N) is 1. The Morgan fingerprint density at radius 1 is 1.62 bits per heavy atom. The lowest BCUT2D eigenvalue weighted by molar-refractivity contribution is 0.645. The van der Waals surface area contributed by atoms with E-state index in [1.165, 1.54) is 19.3 Å². The summed E-state index contributed by atoms with van der Waals surface area (Å²) in [7, 11) is 1.93. The lowest BCUT2D eigenvalue weighted by Gasteiger charge is -2.12. The molecule has 74 valence electrons. The summed E-state index contributed by atoms with van der Waals surface area (Å²) in [5, 5.41) is 7.52. The topological polar surface area (TPSA) is 29.9 Å². The molecular formula is C10H19N3. The first-order chi connectivity index (χ1) is 6.22. The van der Waals surface area contributed by atoms with Crippen molar-refractivity contribution in [2.24, 2.45) is 7.05 Å². The molecule has 0 aromatic carbocycles. The SMILES string of the molecule is CCCCC(C)Nc1cnn(C)c1. The summed E-state index contributed by atoms with van der Waals surface area (Å²) in [6.45, 7) is 4.43. The Labute approximate surface area is 80.1 Å². The van der Waals surface area contributed by atoms with Crippen LogP contribution in [-0.2, 0) is 7.05 Å². The predicted octanol–water partition coefficient (Wildman–Crippen LogP) is 2.41. The first-order valence-corrected chi connectivity index (χ1v) is 4.97. The maximum absolute atomic E-state index is 4.10. The van der Waals surface area contributed by atoms with Crippen molar-refractivity contribution in [2.45, 2.75) is 39.2 Å². The van der Waals surface area contributed by atoms with Crippen LogP contribution in [0.15, 0.2) is 12.4 Å². The summed E-state index contributed by atoms with van der Waals surface area (Å²) in [6, 6.07) is 0.546. The second-order valence-electron chi connectivity index (χ2n) is 3.59. The summed E-state index contributed by atoms with van der Waals surface area (Å²) >= 11 is 0. The minimum Gasteiger partial charge on any atom is -0.380 e. The number of hydrogen-bond donors (Lipinski definition) is 1. The van der Waals surface area contributed by atoms with Gasteiger partial charge in [0.05, 0.1) is 11.9 Å². The van der Waals surface area contributed by atoms with Crippen LogP contribution in [0.3, 0.4) is 0 Å². The largest absolute Gasteiger partial charge is 0.380 e. The maximum atomic E-state index is 4.10.